The highest BCUT2D eigenvalue weighted by molar-refractivity contribution is 7.90. The maximum atomic E-state index is 13.2. The standard InChI is InChI=1S/C21H25N3O3S/c1-16-18(20-8-2-3-11-22-20)6-4-7-19(16)21(25)23-12-5-13-24(15-14-23)28(26,27)17-9-10-17/h2-4,6-8,11,17H,5,9-10,12-15H2,1H3. The predicted octanol–water partition coefficient (Wildman–Crippen LogP) is 2.70. The van der Waals surface area contributed by atoms with Crippen LogP contribution >= 0.6 is 0 Å². The largest absolute Gasteiger partial charge is 0.337 e. The fraction of sp³-hybridized carbons (Fsp3) is 0.429. The zero-order valence-corrected chi connectivity index (χ0v) is 16.9. The third-order valence-corrected chi connectivity index (χ3v) is 7.95. The van der Waals surface area contributed by atoms with E-state index >= 15 is 0 Å². The molecule has 0 unspecified atom stereocenters. The topological polar surface area (TPSA) is 70.6 Å². The van der Waals surface area contributed by atoms with Crippen molar-refractivity contribution in [3.63, 3.8) is 0 Å². The Kier molecular flexibility index (Phi) is 5.21. The first-order chi connectivity index (χ1) is 13.5. The van der Waals surface area contributed by atoms with E-state index in [4.69, 9.17) is 0 Å². The Bertz CT molecular complexity index is 972. The SMILES string of the molecule is Cc1c(C(=O)N2CCCN(S(=O)(=O)C3CC3)CC2)cccc1-c1ccccn1. The Morgan fingerprint density at radius 1 is 1.04 bits per heavy atom. The van der Waals surface area contributed by atoms with Gasteiger partial charge in [0.1, 0.15) is 0 Å². The van der Waals surface area contributed by atoms with Crippen LogP contribution in [0.1, 0.15) is 35.2 Å². The zero-order chi connectivity index (χ0) is 19.7. The molecular weight excluding hydrogens is 374 g/mol. The van der Waals surface area contributed by atoms with Crippen molar-refractivity contribution in [3.05, 3.63) is 53.7 Å². The smallest absolute Gasteiger partial charge is 0.254 e. The van der Waals surface area contributed by atoms with Gasteiger partial charge in [0.05, 0.1) is 10.9 Å². The number of hydrogen-bond donors (Lipinski definition) is 0. The molecule has 1 amide bonds. The number of pyridine rings is 1. The number of nitrogens with zero attached hydrogens (tertiary/aromatic N) is 3. The van der Waals surface area contributed by atoms with E-state index in [1.54, 1.807) is 15.4 Å². The Hall–Kier alpha value is -2.25. The molecule has 2 aromatic rings. The number of amides is 1. The fourth-order valence-electron chi connectivity index (χ4n) is 3.77. The second-order valence-corrected chi connectivity index (χ2v) is 9.70. The number of carbonyl (C=O) groups excluding carboxylic acids is 1. The molecule has 7 heteroatoms. The molecule has 1 aromatic carbocycles. The van der Waals surface area contributed by atoms with Crippen LogP contribution in [0.25, 0.3) is 11.3 Å². The summed E-state index contributed by atoms with van der Waals surface area (Å²) in [7, 11) is -3.19. The van der Waals surface area contributed by atoms with E-state index < -0.39 is 10.0 Å². The van der Waals surface area contributed by atoms with Crippen LogP contribution in [0.15, 0.2) is 42.6 Å². The molecule has 6 nitrogen and oxygen atoms in total. The monoisotopic (exact) mass is 399 g/mol. The summed E-state index contributed by atoms with van der Waals surface area (Å²) >= 11 is 0. The molecule has 0 spiro atoms. The summed E-state index contributed by atoms with van der Waals surface area (Å²) < 4.78 is 26.6. The summed E-state index contributed by atoms with van der Waals surface area (Å²) in [4.78, 5) is 19.4. The summed E-state index contributed by atoms with van der Waals surface area (Å²) in [5.74, 6) is -0.0408. The van der Waals surface area contributed by atoms with Crippen molar-refractivity contribution < 1.29 is 13.2 Å². The molecule has 28 heavy (non-hydrogen) atoms. The van der Waals surface area contributed by atoms with E-state index in [1.807, 2.05) is 43.3 Å². The Balaban J connectivity index is 1.53. The van der Waals surface area contributed by atoms with Crippen molar-refractivity contribution in [1.82, 2.24) is 14.2 Å². The van der Waals surface area contributed by atoms with Gasteiger partial charge in [-0.2, -0.15) is 4.31 Å². The van der Waals surface area contributed by atoms with E-state index in [0.717, 1.165) is 29.7 Å². The average molecular weight is 400 g/mol. The zero-order valence-electron chi connectivity index (χ0n) is 16.0. The highest BCUT2D eigenvalue weighted by Gasteiger charge is 2.40. The first kappa shape index (κ1) is 19.1. The lowest BCUT2D eigenvalue weighted by Gasteiger charge is -2.23. The summed E-state index contributed by atoms with van der Waals surface area (Å²) in [6.45, 7) is 3.82. The molecule has 4 rings (SSSR count). The lowest BCUT2D eigenvalue weighted by molar-refractivity contribution is 0.0763. The fourth-order valence-corrected chi connectivity index (χ4v) is 5.64. The van der Waals surface area contributed by atoms with Gasteiger partial charge in [-0.1, -0.05) is 18.2 Å². The number of carbonyl (C=O) groups is 1. The minimum absolute atomic E-state index is 0.0408. The molecule has 148 valence electrons. The van der Waals surface area contributed by atoms with E-state index in [9.17, 15) is 13.2 Å². The third-order valence-electron chi connectivity index (χ3n) is 5.55. The summed E-state index contributed by atoms with van der Waals surface area (Å²) in [6.07, 6.45) is 3.94. The average Bonchev–Trinajstić information content (AvgIpc) is 3.55. The van der Waals surface area contributed by atoms with Crippen molar-refractivity contribution >= 4 is 15.9 Å². The van der Waals surface area contributed by atoms with Crippen molar-refractivity contribution in [2.75, 3.05) is 26.2 Å². The van der Waals surface area contributed by atoms with Gasteiger partial charge in [-0.25, -0.2) is 8.42 Å². The number of hydrogen-bond acceptors (Lipinski definition) is 4. The van der Waals surface area contributed by atoms with Crippen LogP contribution in [0.4, 0.5) is 0 Å². The predicted molar refractivity (Wildman–Crippen MR) is 108 cm³/mol. The molecule has 1 aliphatic heterocycles. The second-order valence-electron chi connectivity index (χ2n) is 7.48. The first-order valence-electron chi connectivity index (χ1n) is 9.78. The van der Waals surface area contributed by atoms with E-state index in [1.165, 1.54) is 0 Å². The van der Waals surface area contributed by atoms with E-state index in [0.29, 0.717) is 38.2 Å². The summed E-state index contributed by atoms with van der Waals surface area (Å²) in [5, 5.41) is -0.202. The maximum absolute atomic E-state index is 13.2. The number of benzene rings is 1. The van der Waals surface area contributed by atoms with Crippen LogP contribution in [0.2, 0.25) is 0 Å². The minimum Gasteiger partial charge on any atom is -0.337 e. The molecule has 2 fully saturated rings. The van der Waals surface area contributed by atoms with Crippen LogP contribution < -0.4 is 0 Å². The molecule has 1 aliphatic carbocycles. The molecule has 2 aliphatic rings. The van der Waals surface area contributed by atoms with Crippen molar-refractivity contribution in [1.29, 1.82) is 0 Å². The Morgan fingerprint density at radius 2 is 1.86 bits per heavy atom. The molecule has 1 aromatic heterocycles. The number of aromatic nitrogens is 1. The Labute approximate surface area is 166 Å². The van der Waals surface area contributed by atoms with E-state index in [2.05, 4.69) is 4.98 Å². The van der Waals surface area contributed by atoms with Crippen LogP contribution in [-0.4, -0.2) is 59.9 Å². The van der Waals surface area contributed by atoms with Crippen molar-refractivity contribution in [3.8, 4) is 11.3 Å². The summed E-state index contributed by atoms with van der Waals surface area (Å²) in [6, 6.07) is 11.4. The molecule has 0 bridgehead atoms. The molecule has 0 atom stereocenters. The van der Waals surface area contributed by atoms with Crippen LogP contribution in [0.3, 0.4) is 0 Å². The highest BCUT2D eigenvalue weighted by Crippen LogP contribution is 2.31. The molecule has 1 saturated carbocycles. The summed E-state index contributed by atoms with van der Waals surface area (Å²) in [5.41, 5.74) is 3.34. The van der Waals surface area contributed by atoms with Crippen LogP contribution in [0, 0.1) is 6.92 Å². The molecular formula is C21H25N3O3S. The van der Waals surface area contributed by atoms with Crippen LogP contribution in [-0.2, 0) is 10.0 Å². The van der Waals surface area contributed by atoms with Crippen molar-refractivity contribution in [2.24, 2.45) is 0 Å². The normalized spacial score (nSPS) is 18.7. The number of sulfonamides is 1. The van der Waals surface area contributed by atoms with Gasteiger partial charge in [0.25, 0.3) is 5.91 Å². The van der Waals surface area contributed by atoms with Gasteiger partial charge in [0.15, 0.2) is 0 Å². The number of rotatable bonds is 4. The second kappa shape index (κ2) is 7.64. The lowest BCUT2D eigenvalue weighted by Crippen LogP contribution is -2.38. The third kappa shape index (κ3) is 3.69. The van der Waals surface area contributed by atoms with Crippen molar-refractivity contribution in [2.45, 2.75) is 31.4 Å². The van der Waals surface area contributed by atoms with E-state index in [-0.39, 0.29) is 11.2 Å². The van der Waals surface area contributed by atoms with Gasteiger partial charge in [-0.05, 0) is 49.9 Å². The Morgan fingerprint density at radius 3 is 2.57 bits per heavy atom. The van der Waals surface area contributed by atoms with Gasteiger partial charge < -0.3 is 4.90 Å². The van der Waals surface area contributed by atoms with Gasteiger partial charge >= 0.3 is 0 Å². The minimum atomic E-state index is -3.19. The van der Waals surface area contributed by atoms with Gasteiger partial charge in [0.2, 0.25) is 10.0 Å². The van der Waals surface area contributed by atoms with Gasteiger partial charge in [-0.3, -0.25) is 9.78 Å². The first-order valence-corrected chi connectivity index (χ1v) is 11.3. The quantitative estimate of drug-likeness (QED) is 0.793. The van der Waals surface area contributed by atoms with Gasteiger partial charge in [0, 0.05) is 43.5 Å². The lowest BCUT2D eigenvalue weighted by atomic mass is 9.98. The molecule has 0 radical (unpaired) electrons. The molecule has 2 heterocycles. The van der Waals surface area contributed by atoms with Gasteiger partial charge in [-0.15, -0.1) is 0 Å². The molecule has 1 saturated heterocycles. The highest BCUT2D eigenvalue weighted by atomic mass is 32.2. The maximum Gasteiger partial charge on any atom is 0.254 e. The van der Waals surface area contributed by atoms with Crippen LogP contribution in [0.5, 0.6) is 0 Å². The molecule has 0 N–H and O–H groups in total.